The maximum Gasteiger partial charge on any atom is 0.260 e. The van der Waals surface area contributed by atoms with Gasteiger partial charge in [-0.1, -0.05) is 41.7 Å². The van der Waals surface area contributed by atoms with Gasteiger partial charge in [0.1, 0.15) is 27.5 Å². The molecule has 3 aromatic carbocycles. The number of carbonyl (C=O) groups excluding carboxylic acids is 1. The SMILES string of the molecule is CCOc1ccc(C(=O)N(Cc2ccccc2)c2nc3c(OC)ccc(OC)c3s2)cc1. The van der Waals surface area contributed by atoms with Crippen molar-refractivity contribution >= 4 is 32.6 Å². The largest absolute Gasteiger partial charge is 0.495 e. The van der Waals surface area contributed by atoms with Gasteiger partial charge in [-0.15, -0.1) is 0 Å². The average molecular weight is 449 g/mol. The molecule has 1 amide bonds. The van der Waals surface area contributed by atoms with Crippen molar-refractivity contribution in [3.05, 3.63) is 77.9 Å². The highest BCUT2D eigenvalue weighted by molar-refractivity contribution is 7.22. The van der Waals surface area contributed by atoms with Crippen LogP contribution in [0.1, 0.15) is 22.8 Å². The maximum absolute atomic E-state index is 13.6. The molecular weight excluding hydrogens is 424 g/mol. The fourth-order valence-electron chi connectivity index (χ4n) is 3.40. The van der Waals surface area contributed by atoms with Crippen LogP contribution in [-0.2, 0) is 6.54 Å². The molecule has 0 saturated heterocycles. The van der Waals surface area contributed by atoms with Crippen LogP contribution in [0, 0.1) is 0 Å². The van der Waals surface area contributed by atoms with E-state index in [2.05, 4.69) is 0 Å². The minimum absolute atomic E-state index is 0.145. The van der Waals surface area contributed by atoms with E-state index in [0.717, 1.165) is 16.0 Å². The number of benzene rings is 3. The molecule has 0 saturated carbocycles. The lowest BCUT2D eigenvalue weighted by atomic mass is 10.1. The van der Waals surface area contributed by atoms with Gasteiger partial charge in [-0.25, -0.2) is 4.98 Å². The lowest BCUT2D eigenvalue weighted by Crippen LogP contribution is -2.30. The molecule has 0 spiro atoms. The van der Waals surface area contributed by atoms with Crippen LogP contribution >= 0.6 is 11.3 Å². The lowest BCUT2D eigenvalue weighted by molar-refractivity contribution is 0.0985. The quantitative estimate of drug-likeness (QED) is 0.353. The number of carbonyl (C=O) groups is 1. The topological polar surface area (TPSA) is 60.9 Å². The fraction of sp³-hybridized carbons (Fsp3) is 0.200. The Kier molecular flexibility index (Phi) is 6.56. The Labute approximate surface area is 191 Å². The summed E-state index contributed by atoms with van der Waals surface area (Å²) in [5.41, 5.74) is 2.23. The van der Waals surface area contributed by atoms with Crippen molar-refractivity contribution in [2.45, 2.75) is 13.5 Å². The third-order valence-corrected chi connectivity index (χ3v) is 6.06. The van der Waals surface area contributed by atoms with Gasteiger partial charge in [0.2, 0.25) is 0 Å². The van der Waals surface area contributed by atoms with E-state index >= 15 is 0 Å². The highest BCUT2D eigenvalue weighted by Crippen LogP contribution is 2.40. The van der Waals surface area contributed by atoms with Gasteiger partial charge in [0.15, 0.2) is 5.13 Å². The second-order valence-electron chi connectivity index (χ2n) is 6.98. The van der Waals surface area contributed by atoms with Crippen molar-refractivity contribution in [2.24, 2.45) is 0 Å². The Morgan fingerprint density at radius 1 is 0.938 bits per heavy atom. The summed E-state index contributed by atoms with van der Waals surface area (Å²) in [7, 11) is 3.22. The van der Waals surface area contributed by atoms with Gasteiger partial charge in [-0.2, -0.15) is 0 Å². The first-order valence-corrected chi connectivity index (χ1v) is 11.1. The summed E-state index contributed by atoms with van der Waals surface area (Å²) in [6, 6.07) is 20.7. The molecule has 0 bridgehead atoms. The van der Waals surface area contributed by atoms with Gasteiger partial charge >= 0.3 is 0 Å². The predicted molar refractivity (Wildman–Crippen MR) is 127 cm³/mol. The van der Waals surface area contributed by atoms with Crippen molar-refractivity contribution in [2.75, 3.05) is 25.7 Å². The highest BCUT2D eigenvalue weighted by Gasteiger charge is 2.24. The number of amides is 1. The number of anilines is 1. The van der Waals surface area contributed by atoms with Gasteiger partial charge in [0.05, 0.1) is 27.4 Å². The fourth-order valence-corrected chi connectivity index (χ4v) is 4.47. The molecule has 1 aromatic heterocycles. The molecule has 32 heavy (non-hydrogen) atoms. The number of hydrogen-bond donors (Lipinski definition) is 0. The Bertz CT molecular complexity index is 1170. The van der Waals surface area contributed by atoms with Gasteiger partial charge < -0.3 is 14.2 Å². The molecule has 0 aliphatic heterocycles. The summed E-state index contributed by atoms with van der Waals surface area (Å²) in [5, 5.41) is 0.575. The van der Waals surface area contributed by atoms with E-state index in [1.165, 1.54) is 11.3 Å². The molecule has 0 fully saturated rings. The molecule has 0 unspecified atom stereocenters. The van der Waals surface area contributed by atoms with Crippen molar-refractivity contribution in [3.8, 4) is 17.2 Å². The van der Waals surface area contributed by atoms with Crippen LogP contribution in [0.25, 0.3) is 10.2 Å². The van der Waals surface area contributed by atoms with Crippen molar-refractivity contribution < 1.29 is 19.0 Å². The van der Waals surface area contributed by atoms with E-state index in [4.69, 9.17) is 19.2 Å². The van der Waals surface area contributed by atoms with E-state index in [1.807, 2.05) is 61.5 Å². The number of rotatable bonds is 8. The summed E-state index contributed by atoms with van der Waals surface area (Å²) in [4.78, 5) is 20.1. The molecule has 6 nitrogen and oxygen atoms in total. The molecule has 7 heteroatoms. The Hall–Kier alpha value is -3.58. The van der Waals surface area contributed by atoms with Crippen LogP contribution < -0.4 is 19.1 Å². The number of fused-ring (bicyclic) bond motifs is 1. The molecule has 0 radical (unpaired) electrons. The van der Waals surface area contributed by atoms with Gasteiger partial charge in [-0.05, 0) is 48.9 Å². The third-order valence-electron chi connectivity index (χ3n) is 4.97. The normalized spacial score (nSPS) is 10.7. The zero-order valence-corrected chi connectivity index (χ0v) is 19.0. The summed E-state index contributed by atoms with van der Waals surface area (Å²) < 4.78 is 17.4. The van der Waals surface area contributed by atoms with Crippen LogP contribution in [-0.4, -0.2) is 31.7 Å². The number of aromatic nitrogens is 1. The summed E-state index contributed by atoms with van der Waals surface area (Å²) >= 11 is 1.40. The van der Waals surface area contributed by atoms with Crippen LogP contribution in [0.4, 0.5) is 5.13 Å². The number of thiazole rings is 1. The zero-order chi connectivity index (χ0) is 22.5. The molecule has 0 aliphatic rings. The van der Waals surface area contributed by atoms with Gasteiger partial charge in [0, 0.05) is 5.56 Å². The minimum atomic E-state index is -0.145. The molecule has 0 atom stereocenters. The number of ether oxygens (including phenoxy) is 3. The summed E-state index contributed by atoms with van der Waals surface area (Å²) in [5.74, 6) is 1.91. The minimum Gasteiger partial charge on any atom is -0.495 e. The third kappa shape index (κ3) is 4.38. The van der Waals surface area contributed by atoms with E-state index < -0.39 is 0 Å². The van der Waals surface area contributed by atoms with Crippen LogP contribution in [0.2, 0.25) is 0 Å². The standard InChI is InChI=1S/C25H24N2O4S/c1-4-31-19-12-10-18(11-13-19)24(28)27(16-17-8-6-5-7-9-17)25-26-22-20(29-2)14-15-21(30-3)23(22)32-25/h5-15H,4,16H2,1-3H3. The van der Waals surface area contributed by atoms with E-state index in [9.17, 15) is 4.79 Å². The lowest BCUT2D eigenvalue weighted by Gasteiger charge is -2.20. The van der Waals surface area contributed by atoms with Gasteiger partial charge in [0.25, 0.3) is 5.91 Å². The smallest absolute Gasteiger partial charge is 0.260 e. The highest BCUT2D eigenvalue weighted by atomic mass is 32.1. The van der Waals surface area contributed by atoms with Gasteiger partial charge in [-0.3, -0.25) is 9.69 Å². The maximum atomic E-state index is 13.6. The molecule has 4 rings (SSSR count). The van der Waals surface area contributed by atoms with Crippen molar-refractivity contribution in [1.82, 2.24) is 4.98 Å². The van der Waals surface area contributed by atoms with E-state index in [1.54, 1.807) is 31.3 Å². The summed E-state index contributed by atoms with van der Waals surface area (Å²) in [6.07, 6.45) is 0. The first-order chi connectivity index (χ1) is 15.6. The van der Waals surface area contributed by atoms with Crippen LogP contribution in [0.15, 0.2) is 66.7 Å². The number of methoxy groups -OCH3 is 2. The monoisotopic (exact) mass is 448 g/mol. The molecular formula is C25H24N2O4S. The predicted octanol–water partition coefficient (Wildman–Crippen LogP) is 5.56. The molecule has 4 aromatic rings. The first kappa shape index (κ1) is 21.6. The van der Waals surface area contributed by atoms with E-state index in [-0.39, 0.29) is 5.91 Å². The van der Waals surface area contributed by atoms with E-state index in [0.29, 0.717) is 40.9 Å². The molecule has 164 valence electrons. The second kappa shape index (κ2) is 9.70. The molecule has 1 heterocycles. The zero-order valence-electron chi connectivity index (χ0n) is 18.2. The number of hydrogen-bond acceptors (Lipinski definition) is 6. The Balaban J connectivity index is 1.78. The Morgan fingerprint density at radius 3 is 2.28 bits per heavy atom. The average Bonchev–Trinajstić information content (AvgIpc) is 3.28. The van der Waals surface area contributed by atoms with Crippen molar-refractivity contribution in [3.63, 3.8) is 0 Å². The Morgan fingerprint density at radius 2 is 1.62 bits per heavy atom. The van der Waals surface area contributed by atoms with Crippen LogP contribution in [0.5, 0.6) is 17.2 Å². The molecule has 0 N–H and O–H groups in total. The van der Waals surface area contributed by atoms with Crippen molar-refractivity contribution in [1.29, 1.82) is 0 Å². The number of nitrogens with zero attached hydrogens (tertiary/aromatic N) is 2. The van der Waals surface area contributed by atoms with Crippen LogP contribution in [0.3, 0.4) is 0 Å². The second-order valence-corrected chi connectivity index (χ2v) is 7.96. The molecule has 0 aliphatic carbocycles. The first-order valence-electron chi connectivity index (χ1n) is 10.2. The summed E-state index contributed by atoms with van der Waals surface area (Å²) in [6.45, 7) is 2.89.